The zero-order valence-corrected chi connectivity index (χ0v) is 16.4. The molecule has 0 saturated carbocycles. The van der Waals surface area contributed by atoms with Crippen molar-refractivity contribution in [2.45, 2.75) is 13.0 Å². The molecule has 31 heavy (non-hydrogen) atoms. The van der Waals surface area contributed by atoms with E-state index in [4.69, 9.17) is 19.7 Å². The third-order valence-electron chi connectivity index (χ3n) is 3.84. The topological polar surface area (TPSA) is 163 Å². The molecular weight excluding hydrogens is 410 g/mol. The monoisotopic (exact) mass is 431 g/mol. The highest BCUT2D eigenvalue weighted by Crippen LogP contribution is 2.28. The van der Waals surface area contributed by atoms with Crippen molar-refractivity contribution in [3.05, 3.63) is 59.8 Å². The molecule has 1 unspecified atom stereocenters. The summed E-state index contributed by atoms with van der Waals surface area (Å²) in [5, 5.41) is 40.1. The van der Waals surface area contributed by atoms with Gasteiger partial charge >= 0.3 is 11.9 Å². The Morgan fingerprint density at radius 3 is 2.39 bits per heavy atom. The van der Waals surface area contributed by atoms with Crippen molar-refractivity contribution in [2.24, 2.45) is 0 Å². The van der Waals surface area contributed by atoms with Crippen LogP contribution in [0.25, 0.3) is 0 Å². The van der Waals surface area contributed by atoms with Crippen LogP contribution in [0.15, 0.2) is 54.2 Å². The second-order valence-electron chi connectivity index (χ2n) is 6.34. The number of rotatable bonds is 11. The molecule has 0 spiro atoms. The first-order chi connectivity index (χ1) is 14.7. The number of ether oxygens (including phenoxy) is 2. The number of carboxylic acid groups (broad SMARTS) is 2. The first-order valence-corrected chi connectivity index (χ1v) is 8.99. The second kappa shape index (κ2) is 10.6. The van der Waals surface area contributed by atoms with Crippen LogP contribution in [0.1, 0.15) is 17.3 Å². The predicted octanol–water partition coefficient (Wildman–Crippen LogP) is 1.88. The zero-order valence-electron chi connectivity index (χ0n) is 16.4. The van der Waals surface area contributed by atoms with Gasteiger partial charge in [-0.05, 0) is 31.2 Å². The minimum Gasteiger partial charge on any atom is -0.507 e. The Balaban J connectivity index is 1.96. The van der Waals surface area contributed by atoms with E-state index in [0.717, 1.165) is 0 Å². The van der Waals surface area contributed by atoms with E-state index in [1.807, 2.05) is 0 Å². The van der Waals surface area contributed by atoms with Crippen molar-refractivity contribution < 1.29 is 44.3 Å². The number of ketones is 1. The van der Waals surface area contributed by atoms with E-state index in [1.54, 1.807) is 12.1 Å². The fourth-order valence-corrected chi connectivity index (χ4v) is 2.51. The van der Waals surface area contributed by atoms with Crippen LogP contribution >= 0.6 is 0 Å². The molecule has 5 N–H and O–H groups in total. The molecule has 10 heteroatoms. The van der Waals surface area contributed by atoms with Crippen LogP contribution in [0.3, 0.4) is 0 Å². The van der Waals surface area contributed by atoms with Crippen LogP contribution in [0.2, 0.25) is 0 Å². The first kappa shape index (κ1) is 23.2. The molecule has 10 nitrogen and oxygen atoms in total. The van der Waals surface area contributed by atoms with Gasteiger partial charge in [-0.25, -0.2) is 9.59 Å². The quantitative estimate of drug-likeness (QED) is 0.262. The Labute approximate surface area is 177 Å². The van der Waals surface area contributed by atoms with Crippen LogP contribution in [-0.4, -0.2) is 57.5 Å². The number of aliphatic hydroxyl groups is 1. The van der Waals surface area contributed by atoms with Gasteiger partial charge in [-0.3, -0.25) is 4.79 Å². The molecule has 0 aliphatic heterocycles. The van der Waals surface area contributed by atoms with Gasteiger partial charge in [-0.15, -0.1) is 0 Å². The minimum atomic E-state index is -1.45. The number of benzene rings is 2. The van der Waals surface area contributed by atoms with Gasteiger partial charge in [0.1, 0.15) is 47.8 Å². The zero-order chi connectivity index (χ0) is 23.0. The lowest BCUT2D eigenvalue weighted by Gasteiger charge is -2.16. The highest BCUT2D eigenvalue weighted by molar-refractivity contribution is 5.99. The van der Waals surface area contributed by atoms with Crippen LogP contribution in [0.4, 0.5) is 5.69 Å². The van der Waals surface area contributed by atoms with Gasteiger partial charge in [0.05, 0.1) is 6.08 Å². The number of Topliss-reactive ketones (excluding diaryl/α,β-unsaturated/α-hetero) is 1. The van der Waals surface area contributed by atoms with E-state index in [2.05, 4.69) is 5.32 Å². The molecule has 164 valence electrons. The number of phenolic OH excluding ortho intramolecular Hbond substituents is 1. The van der Waals surface area contributed by atoms with Crippen LogP contribution in [0, 0.1) is 0 Å². The molecule has 0 amide bonds. The van der Waals surface area contributed by atoms with Crippen molar-refractivity contribution in [1.29, 1.82) is 0 Å². The number of carbonyl (C=O) groups excluding carboxylic acids is 1. The minimum absolute atomic E-state index is 0.0121. The fraction of sp³-hybridized carbons (Fsp3) is 0.190. The van der Waals surface area contributed by atoms with Crippen molar-refractivity contribution in [3.63, 3.8) is 0 Å². The summed E-state index contributed by atoms with van der Waals surface area (Å²) in [6.07, 6.45) is -0.562. The fourth-order valence-electron chi connectivity index (χ4n) is 2.51. The Morgan fingerprint density at radius 1 is 1.06 bits per heavy atom. The number of anilines is 1. The lowest BCUT2D eigenvalue weighted by atomic mass is 10.1. The predicted molar refractivity (Wildman–Crippen MR) is 109 cm³/mol. The average Bonchev–Trinajstić information content (AvgIpc) is 2.69. The molecule has 0 fully saturated rings. The highest BCUT2D eigenvalue weighted by atomic mass is 16.5. The average molecular weight is 431 g/mol. The van der Waals surface area contributed by atoms with Gasteiger partial charge < -0.3 is 35.2 Å². The van der Waals surface area contributed by atoms with Gasteiger partial charge in [0.25, 0.3) is 0 Å². The third kappa shape index (κ3) is 7.05. The maximum absolute atomic E-state index is 11.6. The lowest BCUT2D eigenvalue weighted by molar-refractivity contribution is -0.134. The number of hydrogen-bond acceptors (Lipinski definition) is 8. The molecule has 0 saturated heterocycles. The number of carbonyl (C=O) groups is 3. The summed E-state index contributed by atoms with van der Waals surface area (Å²) in [6.45, 7) is 0.879. The van der Waals surface area contributed by atoms with Crippen LogP contribution < -0.4 is 14.8 Å². The number of phenols is 1. The van der Waals surface area contributed by atoms with Crippen LogP contribution in [0.5, 0.6) is 17.2 Å². The first-order valence-electron chi connectivity index (χ1n) is 8.99. The lowest BCUT2D eigenvalue weighted by Crippen LogP contribution is -2.25. The summed E-state index contributed by atoms with van der Waals surface area (Å²) in [7, 11) is 0. The van der Waals surface area contributed by atoms with E-state index in [9.17, 15) is 24.6 Å². The summed E-state index contributed by atoms with van der Waals surface area (Å²) in [4.78, 5) is 33.5. The van der Waals surface area contributed by atoms with E-state index >= 15 is 0 Å². The molecule has 2 aromatic rings. The van der Waals surface area contributed by atoms with Crippen molar-refractivity contribution in [2.75, 3.05) is 18.5 Å². The largest absolute Gasteiger partial charge is 0.507 e. The molecule has 0 aliphatic carbocycles. The summed E-state index contributed by atoms with van der Waals surface area (Å²) in [5.74, 6) is -3.06. The summed E-state index contributed by atoms with van der Waals surface area (Å²) < 4.78 is 10.9. The molecule has 0 radical (unpaired) electrons. The van der Waals surface area contributed by atoms with Crippen molar-refractivity contribution in [1.82, 2.24) is 0 Å². The van der Waals surface area contributed by atoms with Crippen LogP contribution in [-0.2, 0) is 9.59 Å². The van der Waals surface area contributed by atoms with Crippen molar-refractivity contribution >= 4 is 23.4 Å². The van der Waals surface area contributed by atoms with E-state index < -0.39 is 23.7 Å². The van der Waals surface area contributed by atoms with Crippen molar-refractivity contribution in [3.8, 4) is 17.2 Å². The van der Waals surface area contributed by atoms with Gasteiger partial charge in [0.2, 0.25) is 0 Å². The molecular formula is C21H21NO9. The van der Waals surface area contributed by atoms with E-state index in [1.165, 1.54) is 37.3 Å². The Bertz CT molecular complexity index is 1000. The molecule has 1 atom stereocenters. The highest BCUT2D eigenvalue weighted by Gasteiger charge is 2.16. The standard InChI is InChI=1S/C21H21NO9/c1-12(23)20-17(25)6-3-7-18(20)31-11-14(24)10-30-15-5-2-4-13(8-15)22-16(21(28)29)9-19(26)27/h2-9,14,22,24-25H,10-11H2,1H3,(H,26,27)(H,28,29). The SMILES string of the molecule is CC(=O)c1c(O)cccc1OCC(O)COc1cccc(NC(=CC(=O)O)C(=O)O)c1. The second-order valence-corrected chi connectivity index (χ2v) is 6.34. The number of hydrogen-bond donors (Lipinski definition) is 5. The van der Waals surface area contributed by atoms with Gasteiger partial charge in [0, 0.05) is 11.8 Å². The van der Waals surface area contributed by atoms with Gasteiger partial charge in [0.15, 0.2) is 5.78 Å². The molecule has 0 aliphatic rings. The summed E-state index contributed by atoms with van der Waals surface area (Å²) >= 11 is 0. The normalized spacial score (nSPS) is 12.0. The molecule has 2 rings (SSSR count). The summed E-state index contributed by atoms with van der Waals surface area (Å²) in [5.41, 5.74) is -0.257. The number of nitrogens with one attached hydrogen (secondary N) is 1. The van der Waals surface area contributed by atoms with E-state index in [0.29, 0.717) is 6.08 Å². The number of aliphatic hydroxyl groups excluding tert-OH is 1. The molecule has 0 aromatic heterocycles. The Morgan fingerprint density at radius 2 is 1.74 bits per heavy atom. The smallest absolute Gasteiger partial charge is 0.352 e. The Kier molecular flexibility index (Phi) is 7.98. The third-order valence-corrected chi connectivity index (χ3v) is 3.84. The van der Waals surface area contributed by atoms with Gasteiger partial charge in [-0.1, -0.05) is 12.1 Å². The summed E-state index contributed by atoms with van der Waals surface area (Å²) in [6, 6.07) is 10.4. The van der Waals surface area contributed by atoms with E-state index in [-0.39, 0.29) is 47.5 Å². The maximum atomic E-state index is 11.6. The number of aromatic hydroxyl groups is 1. The van der Waals surface area contributed by atoms with Gasteiger partial charge in [-0.2, -0.15) is 0 Å². The molecule has 2 aromatic carbocycles. The number of aliphatic carboxylic acids is 2. The maximum Gasteiger partial charge on any atom is 0.352 e. The Hall–Kier alpha value is -4.05. The number of carboxylic acids is 2. The molecule has 0 bridgehead atoms. The molecule has 0 heterocycles.